The third-order valence-electron chi connectivity index (χ3n) is 5.58. The van der Waals surface area contributed by atoms with Crippen molar-refractivity contribution in [2.24, 2.45) is 5.92 Å². The number of fused-ring (bicyclic) bond motifs is 1. The van der Waals surface area contributed by atoms with E-state index in [0.29, 0.717) is 39.4 Å². The summed E-state index contributed by atoms with van der Waals surface area (Å²) >= 11 is 6.08. The lowest BCUT2D eigenvalue weighted by molar-refractivity contribution is 0.414. The molecule has 32 heavy (non-hydrogen) atoms. The molecule has 1 aliphatic carbocycles. The van der Waals surface area contributed by atoms with Crippen molar-refractivity contribution < 1.29 is 4.74 Å². The summed E-state index contributed by atoms with van der Waals surface area (Å²) in [4.78, 5) is 23.1. The van der Waals surface area contributed by atoms with Gasteiger partial charge in [-0.1, -0.05) is 30.7 Å². The Morgan fingerprint density at radius 3 is 2.50 bits per heavy atom. The molecule has 0 saturated heterocycles. The third kappa shape index (κ3) is 3.52. The second kappa shape index (κ2) is 8.13. The number of nitrogens with zero attached hydrogens (tertiary/aromatic N) is 4. The summed E-state index contributed by atoms with van der Waals surface area (Å²) in [5, 5.41) is 0.614. The Kier molecular flexibility index (Phi) is 5.15. The van der Waals surface area contributed by atoms with Gasteiger partial charge in [0.15, 0.2) is 11.2 Å². The minimum atomic E-state index is -0.199. The lowest BCUT2D eigenvalue weighted by Gasteiger charge is -2.15. The van der Waals surface area contributed by atoms with Crippen molar-refractivity contribution >= 4 is 28.5 Å². The molecule has 0 bridgehead atoms. The summed E-state index contributed by atoms with van der Waals surface area (Å²) in [6.07, 6.45) is 8.86. The number of benzene rings is 2. The number of hydrogen-bond donors (Lipinski definition) is 0. The van der Waals surface area contributed by atoms with Crippen LogP contribution in [0.3, 0.4) is 0 Å². The van der Waals surface area contributed by atoms with Crippen LogP contribution in [0.4, 0.5) is 0 Å². The van der Waals surface area contributed by atoms with Crippen molar-refractivity contribution in [1.82, 2.24) is 19.1 Å². The van der Waals surface area contributed by atoms with Gasteiger partial charge in [0, 0.05) is 16.3 Å². The molecule has 6 nitrogen and oxygen atoms in total. The van der Waals surface area contributed by atoms with Gasteiger partial charge >= 0.3 is 0 Å². The van der Waals surface area contributed by atoms with Crippen molar-refractivity contribution in [3.05, 3.63) is 88.5 Å². The molecule has 1 atom stereocenters. The molecule has 1 unspecified atom stereocenters. The molecule has 0 N–H and O–H groups in total. The highest BCUT2D eigenvalue weighted by molar-refractivity contribution is 6.30. The number of hydrogen-bond acceptors (Lipinski definition) is 4. The molecule has 160 valence electrons. The fraction of sp³-hybridized carbons (Fsp3) is 0.160. The predicted octanol–water partition coefficient (Wildman–Crippen LogP) is 5.35. The van der Waals surface area contributed by atoms with Crippen molar-refractivity contribution in [2.75, 3.05) is 7.11 Å². The van der Waals surface area contributed by atoms with E-state index in [1.807, 2.05) is 47.0 Å². The van der Waals surface area contributed by atoms with Crippen molar-refractivity contribution in [2.45, 2.75) is 13.3 Å². The summed E-state index contributed by atoms with van der Waals surface area (Å²) < 4.78 is 8.71. The number of methoxy groups -OCH3 is 1. The van der Waals surface area contributed by atoms with Gasteiger partial charge in [0.1, 0.15) is 17.9 Å². The largest absolute Gasteiger partial charge is 0.497 e. The van der Waals surface area contributed by atoms with E-state index in [9.17, 15) is 4.79 Å². The second-order valence-corrected chi connectivity index (χ2v) is 8.21. The number of imidazole rings is 1. The average molecular weight is 445 g/mol. The molecule has 5 rings (SSSR count). The van der Waals surface area contributed by atoms with Crippen LogP contribution in [0.5, 0.6) is 5.75 Å². The van der Waals surface area contributed by atoms with Crippen LogP contribution < -0.4 is 10.3 Å². The van der Waals surface area contributed by atoms with Gasteiger partial charge in [-0.15, -0.1) is 0 Å². The highest BCUT2D eigenvalue weighted by Crippen LogP contribution is 2.26. The van der Waals surface area contributed by atoms with Crippen LogP contribution >= 0.6 is 11.6 Å². The summed E-state index contributed by atoms with van der Waals surface area (Å²) in [5.74, 6) is 1.68. The molecule has 0 saturated carbocycles. The quantitative estimate of drug-likeness (QED) is 0.425. The first-order chi connectivity index (χ1) is 15.5. The van der Waals surface area contributed by atoms with E-state index >= 15 is 0 Å². The van der Waals surface area contributed by atoms with Gasteiger partial charge in [-0.25, -0.2) is 9.97 Å². The Bertz CT molecular complexity index is 1410. The molecule has 2 aromatic carbocycles. The summed E-state index contributed by atoms with van der Waals surface area (Å²) in [6, 6.07) is 14.6. The Morgan fingerprint density at radius 2 is 1.84 bits per heavy atom. The highest BCUT2D eigenvalue weighted by atomic mass is 35.5. The van der Waals surface area contributed by atoms with E-state index in [2.05, 4.69) is 24.1 Å². The Labute approximate surface area is 190 Å². The summed E-state index contributed by atoms with van der Waals surface area (Å²) in [5.41, 5.74) is 3.01. The van der Waals surface area contributed by atoms with Crippen LogP contribution in [0.1, 0.15) is 13.3 Å². The number of rotatable bonds is 4. The second-order valence-electron chi connectivity index (χ2n) is 7.77. The van der Waals surface area contributed by atoms with Gasteiger partial charge in [0.05, 0.1) is 12.8 Å². The molecule has 0 amide bonds. The predicted molar refractivity (Wildman–Crippen MR) is 127 cm³/mol. The number of halogens is 1. The van der Waals surface area contributed by atoms with Crippen molar-refractivity contribution in [3.63, 3.8) is 0 Å². The number of allylic oxidation sites excluding steroid dienone is 4. The van der Waals surface area contributed by atoms with E-state index < -0.39 is 0 Å². The smallest absolute Gasteiger partial charge is 0.285 e. The summed E-state index contributed by atoms with van der Waals surface area (Å²) in [7, 11) is 1.61. The fourth-order valence-corrected chi connectivity index (χ4v) is 3.95. The monoisotopic (exact) mass is 444 g/mol. The molecule has 7 heteroatoms. The lowest BCUT2D eigenvalue weighted by Crippen LogP contribution is -2.23. The van der Waals surface area contributed by atoms with Crippen LogP contribution in [0, 0.1) is 5.92 Å². The zero-order chi connectivity index (χ0) is 22.2. The van der Waals surface area contributed by atoms with E-state index in [1.54, 1.807) is 30.1 Å². The topological polar surface area (TPSA) is 61.9 Å². The Morgan fingerprint density at radius 1 is 1.09 bits per heavy atom. The van der Waals surface area contributed by atoms with E-state index in [1.165, 1.54) is 0 Å². The number of ether oxygens (including phenoxy) is 1. The maximum atomic E-state index is 13.9. The number of aromatic nitrogens is 4. The normalized spacial score (nSPS) is 15.7. The molecule has 0 spiro atoms. The fourth-order valence-electron chi connectivity index (χ4n) is 3.83. The molecular formula is C25H21ClN4O2. The standard InChI is InChI=1S/C25H21ClN4O2/c1-16-3-9-19(10-4-16)29-15-27-23-22(29)25(31)30(20-11-13-21(32-2)14-12-20)24(28-23)17-5-7-18(26)8-6-17/h3,5-16H,4H2,1-2H3. The van der Waals surface area contributed by atoms with E-state index in [4.69, 9.17) is 21.3 Å². The molecule has 2 aromatic heterocycles. The first kappa shape index (κ1) is 20.3. The first-order valence-electron chi connectivity index (χ1n) is 10.3. The summed E-state index contributed by atoms with van der Waals surface area (Å²) in [6.45, 7) is 2.16. The maximum Gasteiger partial charge on any atom is 0.285 e. The van der Waals surface area contributed by atoms with E-state index in [-0.39, 0.29) is 5.56 Å². The van der Waals surface area contributed by atoms with E-state index in [0.717, 1.165) is 17.7 Å². The molecule has 0 fully saturated rings. The lowest BCUT2D eigenvalue weighted by atomic mass is 10.0. The molecule has 1 aliphatic rings. The van der Waals surface area contributed by atoms with Crippen LogP contribution in [0.15, 0.2) is 77.9 Å². The van der Waals surface area contributed by atoms with Gasteiger partial charge in [-0.3, -0.25) is 13.9 Å². The average Bonchev–Trinajstić information content (AvgIpc) is 3.25. The third-order valence-corrected chi connectivity index (χ3v) is 5.83. The van der Waals surface area contributed by atoms with Crippen LogP contribution in [0.25, 0.3) is 33.9 Å². The van der Waals surface area contributed by atoms with Crippen molar-refractivity contribution in [3.8, 4) is 22.8 Å². The molecule has 0 radical (unpaired) electrons. The molecule has 0 aliphatic heterocycles. The minimum absolute atomic E-state index is 0.199. The zero-order valence-electron chi connectivity index (χ0n) is 17.7. The minimum Gasteiger partial charge on any atom is -0.497 e. The first-order valence-corrected chi connectivity index (χ1v) is 10.7. The maximum absolute atomic E-state index is 13.9. The van der Waals surface area contributed by atoms with Gasteiger partial charge in [0.25, 0.3) is 5.56 Å². The van der Waals surface area contributed by atoms with Crippen LogP contribution in [-0.2, 0) is 0 Å². The van der Waals surface area contributed by atoms with Crippen LogP contribution in [-0.4, -0.2) is 26.2 Å². The Hall–Kier alpha value is -3.64. The zero-order valence-corrected chi connectivity index (χ0v) is 18.5. The van der Waals surface area contributed by atoms with Gasteiger partial charge < -0.3 is 4.74 Å². The highest BCUT2D eigenvalue weighted by Gasteiger charge is 2.20. The van der Waals surface area contributed by atoms with Gasteiger partial charge in [0.2, 0.25) is 0 Å². The SMILES string of the molecule is COc1ccc(-n2c(-c3ccc(Cl)cc3)nc3ncn(C4=CCC(C)C=C4)c3c2=O)cc1. The van der Waals surface area contributed by atoms with Gasteiger partial charge in [-0.05, 0) is 66.9 Å². The van der Waals surface area contributed by atoms with Crippen molar-refractivity contribution in [1.29, 1.82) is 0 Å². The van der Waals surface area contributed by atoms with Crippen LogP contribution in [0.2, 0.25) is 5.02 Å². The van der Waals surface area contributed by atoms with Gasteiger partial charge in [-0.2, -0.15) is 0 Å². The molecule has 2 heterocycles. The Balaban J connectivity index is 1.78. The molecule has 4 aromatic rings. The molecular weight excluding hydrogens is 424 g/mol.